The van der Waals surface area contributed by atoms with Crippen LogP contribution in [0.4, 0.5) is 5.69 Å². The van der Waals surface area contributed by atoms with Crippen molar-refractivity contribution in [1.82, 2.24) is 4.90 Å². The number of cyclic esters (lactones) is 1. The zero-order valence-electron chi connectivity index (χ0n) is 23.5. The van der Waals surface area contributed by atoms with Gasteiger partial charge in [0.25, 0.3) is 5.91 Å². The lowest BCUT2D eigenvalue weighted by molar-refractivity contribution is -0.161. The molecule has 4 heterocycles. The van der Waals surface area contributed by atoms with Crippen LogP contribution in [0.15, 0.2) is 78.9 Å². The Morgan fingerprint density at radius 2 is 1.76 bits per heavy atom. The summed E-state index contributed by atoms with van der Waals surface area (Å²) in [4.78, 5) is 46.3. The first-order valence-corrected chi connectivity index (χ1v) is 15.0. The van der Waals surface area contributed by atoms with Gasteiger partial charge in [-0.3, -0.25) is 14.4 Å². The number of likely N-dealkylation sites (tertiary alicyclic amines) is 1. The fourth-order valence-corrected chi connectivity index (χ4v) is 7.47. The van der Waals surface area contributed by atoms with E-state index in [0.29, 0.717) is 36.4 Å². The molecule has 6 rings (SSSR count). The van der Waals surface area contributed by atoms with E-state index in [1.165, 1.54) is 4.90 Å². The van der Waals surface area contributed by atoms with Gasteiger partial charge in [0.2, 0.25) is 5.91 Å². The molecule has 0 bridgehead atoms. The molecule has 4 aliphatic heterocycles. The molecule has 1 unspecified atom stereocenters. The Morgan fingerprint density at radius 1 is 1.00 bits per heavy atom. The molecule has 2 amide bonds. The highest BCUT2D eigenvalue weighted by Crippen LogP contribution is 2.58. The topological polar surface area (TPSA) is 96.4 Å². The molecule has 2 aromatic carbocycles. The number of nitrogens with zero attached hydrogens (tertiary/aromatic N) is 2. The minimum absolute atomic E-state index is 0.200. The summed E-state index contributed by atoms with van der Waals surface area (Å²) >= 11 is 6.57. The van der Waals surface area contributed by atoms with E-state index in [-0.39, 0.29) is 25.7 Å². The third-order valence-corrected chi connectivity index (χ3v) is 9.45. The molecule has 1 N–H and O–H groups in total. The smallest absolute Gasteiger partial charge is 0.313 e. The molecule has 4 aliphatic rings. The Labute approximate surface area is 250 Å². The molecule has 2 aromatic rings. The molecule has 0 radical (unpaired) electrons. The summed E-state index contributed by atoms with van der Waals surface area (Å²) in [6.45, 7) is 1.98. The van der Waals surface area contributed by atoms with Gasteiger partial charge in [-0.05, 0) is 43.4 Å². The number of amides is 2. The van der Waals surface area contributed by atoms with Gasteiger partial charge in [0.1, 0.15) is 23.2 Å². The van der Waals surface area contributed by atoms with Crippen molar-refractivity contribution < 1.29 is 29.0 Å². The normalized spacial score (nSPS) is 32.2. The van der Waals surface area contributed by atoms with Gasteiger partial charge in [-0.1, -0.05) is 85.3 Å². The summed E-state index contributed by atoms with van der Waals surface area (Å²) in [6, 6.07) is 14.7. The number of benzene rings is 2. The van der Waals surface area contributed by atoms with Crippen LogP contribution in [-0.2, 0) is 30.3 Å². The van der Waals surface area contributed by atoms with Crippen LogP contribution in [-0.4, -0.2) is 70.8 Å². The van der Waals surface area contributed by atoms with Crippen molar-refractivity contribution in [3.63, 3.8) is 0 Å². The third-order valence-electron chi connectivity index (χ3n) is 9.13. The van der Waals surface area contributed by atoms with Crippen LogP contribution in [0.2, 0.25) is 5.02 Å². The highest BCUT2D eigenvalue weighted by molar-refractivity contribution is 6.34. The first-order valence-electron chi connectivity index (χ1n) is 14.6. The van der Waals surface area contributed by atoms with Gasteiger partial charge in [-0.2, -0.15) is 0 Å². The average molecular weight is 591 g/mol. The minimum atomic E-state index is -1.46. The maximum atomic E-state index is 14.8. The van der Waals surface area contributed by atoms with Crippen LogP contribution in [0.1, 0.15) is 31.7 Å². The van der Waals surface area contributed by atoms with Crippen LogP contribution in [0, 0.1) is 11.8 Å². The second-order valence-electron chi connectivity index (χ2n) is 11.4. The summed E-state index contributed by atoms with van der Waals surface area (Å²) in [6.07, 6.45) is 9.59. The molecule has 0 aromatic heterocycles. The van der Waals surface area contributed by atoms with Crippen molar-refractivity contribution in [2.75, 3.05) is 24.7 Å². The molecule has 0 saturated carbocycles. The van der Waals surface area contributed by atoms with Gasteiger partial charge in [0.05, 0.1) is 35.9 Å². The van der Waals surface area contributed by atoms with Gasteiger partial charge in [-0.25, -0.2) is 0 Å². The van der Waals surface area contributed by atoms with Crippen LogP contribution in [0.3, 0.4) is 0 Å². The number of aliphatic hydroxyl groups excluding tert-OH is 1. The lowest BCUT2D eigenvalue weighted by Gasteiger charge is -2.41. The van der Waals surface area contributed by atoms with Crippen molar-refractivity contribution in [3.05, 3.63) is 89.5 Å². The first-order chi connectivity index (χ1) is 20.4. The van der Waals surface area contributed by atoms with E-state index in [2.05, 4.69) is 0 Å². The number of para-hydroxylation sites is 1. The zero-order chi connectivity index (χ0) is 29.5. The SMILES string of the molecule is CC[C@@]12/C=C\CCCOC(=O)[C@@H]1[C@H]1C(=O)N([C@@H](CO)Cc3ccccc3)C3C(=O)N(c4ccccc4Cl)CC=C[C@@]31O2. The van der Waals surface area contributed by atoms with Crippen LogP contribution in [0.5, 0.6) is 0 Å². The number of anilines is 1. The number of aliphatic hydroxyl groups is 1. The fraction of sp³-hybridized carbons (Fsp3) is 0.424. The number of esters is 1. The summed E-state index contributed by atoms with van der Waals surface area (Å²) < 4.78 is 12.7. The maximum Gasteiger partial charge on any atom is 0.313 e. The van der Waals surface area contributed by atoms with Crippen LogP contribution >= 0.6 is 11.6 Å². The number of allylic oxidation sites excluding steroid dienone is 1. The minimum Gasteiger partial charge on any atom is -0.465 e. The summed E-state index contributed by atoms with van der Waals surface area (Å²) in [5.74, 6) is -3.27. The van der Waals surface area contributed by atoms with E-state index in [1.807, 2.05) is 55.5 Å². The number of hydrogen-bond acceptors (Lipinski definition) is 6. The van der Waals surface area contributed by atoms with Gasteiger partial charge in [0, 0.05) is 6.54 Å². The highest BCUT2D eigenvalue weighted by Gasteiger charge is 2.76. The quantitative estimate of drug-likeness (QED) is 0.402. The molecular weight excluding hydrogens is 556 g/mol. The van der Waals surface area contributed by atoms with E-state index in [4.69, 9.17) is 21.1 Å². The van der Waals surface area contributed by atoms with E-state index in [0.717, 1.165) is 5.56 Å². The fourth-order valence-electron chi connectivity index (χ4n) is 7.23. The van der Waals surface area contributed by atoms with Crippen LogP contribution < -0.4 is 4.90 Å². The second kappa shape index (κ2) is 11.3. The predicted molar refractivity (Wildman–Crippen MR) is 158 cm³/mol. The van der Waals surface area contributed by atoms with Crippen LogP contribution in [0.25, 0.3) is 0 Å². The molecular formula is C33H35ClN2O6. The molecule has 1 spiro atoms. The molecule has 220 valence electrons. The second-order valence-corrected chi connectivity index (χ2v) is 11.8. The van der Waals surface area contributed by atoms with Crippen molar-refractivity contribution in [1.29, 1.82) is 0 Å². The number of hydrogen-bond donors (Lipinski definition) is 1. The predicted octanol–water partition coefficient (Wildman–Crippen LogP) is 4.10. The maximum absolute atomic E-state index is 14.8. The summed E-state index contributed by atoms with van der Waals surface area (Å²) in [7, 11) is 0. The van der Waals surface area contributed by atoms with Crippen molar-refractivity contribution in [2.24, 2.45) is 11.8 Å². The Balaban J connectivity index is 1.53. The number of fused-ring (bicyclic) bond motifs is 2. The Morgan fingerprint density at radius 3 is 2.50 bits per heavy atom. The molecule has 8 nitrogen and oxygen atoms in total. The molecule has 42 heavy (non-hydrogen) atoms. The number of ether oxygens (including phenoxy) is 2. The van der Waals surface area contributed by atoms with Crippen molar-refractivity contribution >= 4 is 35.1 Å². The van der Waals surface area contributed by atoms with Gasteiger partial charge in [0.15, 0.2) is 0 Å². The molecule has 2 fully saturated rings. The molecule has 2 saturated heterocycles. The number of carbonyl (C=O) groups is 3. The van der Waals surface area contributed by atoms with E-state index < -0.39 is 47.0 Å². The van der Waals surface area contributed by atoms with E-state index in [9.17, 15) is 19.5 Å². The zero-order valence-corrected chi connectivity index (χ0v) is 24.3. The number of halogens is 1. The Kier molecular flexibility index (Phi) is 7.72. The van der Waals surface area contributed by atoms with Gasteiger partial charge in [-0.15, -0.1) is 0 Å². The molecule has 6 atom stereocenters. The monoisotopic (exact) mass is 590 g/mol. The first kappa shape index (κ1) is 28.6. The van der Waals surface area contributed by atoms with Crippen molar-refractivity contribution in [3.8, 4) is 0 Å². The summed E-state index contributed by atoms with van der Waals surface area (Å²) in [5, 5.41) is 11.1. The molecule has 0 aliphatic carbocycles. The molecule has 9 heteroatoms. The largest absolute Gasteiger partial charge is 0.465 e. The Bertz CT molecular complexity index is 1430. The third kappa shape index (κ3) is 4.48. The highest BCUT2D eigenvalue weighted by atomic mass is 35.5. The van der Waals surface area contributed by atoms with Gasteiger partial charge < -0.3 is 24.4 Å². The Hall–Kier alpha value is -3.46. The van der Waals surface area contributed by atoms with Gasteiger partial charge >= 0.3 is 5.97 Å². The number of rotatable bonds is 6. The lowest BCUT2D eigenvalue weighted by Crippen LogP contribution is -2.59. The van der Waals surface area contributed by atoms with E-state index in [1.54, 1.807) is 35.2 Å². The van der Waals surface area contributed by atoms with E-state index >= 15 is 0 Å². The van der Waals surface area contributed by atoms with Crippen molar-refractivity contribution in [2.45, 2.75) is 55.9 Å². The number of carbonyl (C=O) groups excluding carboxylic acids is 3. The lowest BCUT2D eigenvalue weighted by atomic mass is 9.73. The standard InChI is InChI=1S/C33H35ClN2O6/c1-2-32-16-9-4-10-19-41-31(40)27(32)26-29(38)36(23(21-37)20-22-12-5-3-6-13-22)28-30(39)35(18-11-17-33(26,28)42-32)25-15-8-7-14-24(25)34/h3,5-9,11-17,23,26-28,37H,2,4,10,18-21H2,1H3/b16-9-/t23-,26+,27+,28?,32-,33+/m1/s1. The summed E-state index contributed by atoms with van der Waals surface area (Å²) in [5.41, 5.74) is -1.18. The average Bonchev–Trinajstić information content (AvgIpc) is 3.38.